The van der Waals surface area contributed by atoms with Crippen molar-refractivity contribution in [1.82, 2.24) is 4.90 Å². The summed E-state index contributed by atoms with van der Waals surface area (Å²) >= 11 is 5.97. The molecule has 3 rings (SSSR count). The Kier molecular flexibility index (Phi) is 8.84. The fourth-order valence-electron chi connectivity index (χ4n) is 3.49. The Labute approximate surface area is 188 Å². The first-order valence-corrected chi connectivity index (χ1v) is 11.0. The lowest BCUT2D eigenvalue weighted by Gasteiger charge is -2.27. The van der Waals surface area contributed by atoms with E-state index in [1.165, 1.54) is 6.07 Å². The van der Waals surface area contributed by atoms with Crippen LogP contribution in [0.5, 0.6) is 0 Å². The minimum Gasteiger partial charge on any atom is -0.390 e. The molecule has 0 saturated heterocycles. The van der Waals surface area contributed by atoms with E-state index in [0.717, 1.165) is 11.3 Å². The van der Waals surface area contributed by atoms with Gasteiger partial charge in [-0.1, -0.05) is 60.9 Å². The van der Waals surface area contributed by atoms with Gasteiger partial charge in [0.1, 0.15) is 11.9 Å². The van der Waals surface area contributed by atoms with Crippen molar-refractivity contribution in [2.75, 3.05) is 26.3 Å². The molecule has 7 heteroatoms. The zero-order valence-electron chi connectivity index (χ0n) is 18.0. The molecule has 0 aromatic heterocycles. The number of aliphatic hydroxyl groups is 1. The molecule has 1 N–H and O–H groups in total. The summed E-state index contributed by atoms with van der Waals surface area (Å²) in [4.78, 5) is 7.64. The quantitative estimate of drug-likeness (QED) is 0.549. The van der Waals surface area contributed by atoms with Crippen molar-refractivity contribution in [3.63, 3.8) is 0 Å². The summed E-state index contributed by atoms with van der Waals surface area (Å²) in [6, 6.07) is 14.2. The molecule has 1 aliphatic heterocycles. The van der Waals surface area contributed by atoms with Crippen LogP contribution in [0, 0.1) is 11.7 Å². The monoisotopic (exact) mass is 448 g/mol. The van der Waals surface area contributed by atoms with Gasteiger partial charge >= 0.3 is 0 Å². The third-order valence-electron chi connectivity index (χ3n) is 4.95. The van der Waals surface area contributed by atoms with Gasteiger partial charge in [0, 0.05) is 43.2 Å². The first kappa shape index (κ1) is 23.7. The van der Waals surface area contributed by atoms with Gasteiger partial charge in [0.15, 0.2) is 0 Å². The van der Waals surface area contributed by atoms with Gasteiger partial charge in [-0.05, 0) is 29.7 Å². The molecule has 31 heavy (non-hydrogen) atoms. The van der Waals surface area contributed by atoms with Gasteiger partial charge in [0.05, 0.1) is 18.4 Å². The summed E-state index contributed by atoms with van der Waals surface area (Å²) < 4.78 is 19.8. The Hall–Kier alpha value is -1.99. The van der Waals surface area contributed by atoms with Crippen molar-refractivity contribution in [1.29, 1.82) is 0 Å². The van der Waals surface area contributed by atoms with E-state index in [0.29, 0.717) is 49.2 Å². The normalized spacial score (nSPS) is 17.1. The Morgan fingerprint density at radius 1 is 1.19 bits per heavy atom. The highest BCUT2D eigenvalue weighted by molar-refractivity contribution is 6.30. The molecular formula is C24H30ClFN2O3. The smallest absolute Gasteiger partial charge is 0.145 e. The lowest BCUT2D eigenvalue weighted by molar-refractivity contribution is -0.00755. The first-order chi connectivity index (χ1) is 14.9. The van der Waals surface area contributed by atoms with E-state index >= 15 is 0 Å². The molecule has 0 spiro atoms. The third kappa shape index (κ3) is 7.58. The maximum Gasteiger partial charge on any atom is 0.145 e. The Bertz CT molecular complexity index is 860. The van der Waals surface area contributed by atoms with Crippen molar-refractivity contribution in [3.05, 3.63) is 70.5 Å². The maximum atomic E-state index is 14.2. The zero-order valence-corrected chi connectivity index (χ0v) is 18.8. The first-order valence-electron chi connectivity index (χ1n) is 10.6. The Morgan fingerprint density at radius 3 is 2.65 bits per heavy atom. The summed E-state index contributed by atoms with van der Waals surface area (Å²) in [5.74, 6) is 0.139. The van der Waals surface area contributed by atoms with E-state index in [2.05, 4.69) is 19.0 Å². The molecule has 168 valence electrons. The number of hydrogen-bond donors (Lipinski definition) is 1. The number of ether oxygens (including phenoxy) is 1. The number of halogens is 2. The van der Waals surface area contributed by atoms with E-state index < -0.39 is 6.10 Å². The molecular weight excluding hydrogens is 419 g/mol. The molecule has 1 heterocycles. The number of aliphatic hydroxyl groups excluding tert-OH is 1. The van der Waals surface area contributed by atoms with Crippen LogP contribution < -0.4 is 0 Å². The second kappa shape index (κ2) is 11.6. The summed E-state index contributed by atoms with van der Waals surface area (Å²) in [6.45, 7) is 6.18. The molecule has 0 bridgehead atoms. The van der Waals surface area contributed by atoms with Gasteiger partial charge in [0.25, 0.3) is 0 Å². The number of benzene rings is 2. The minimum atomic E-state index is -0.677. The predicted molar refractivity (Wildman–Crippen MR) is 121 cm³/mol. The molecule has 2 aromatic rings. The van der Waals surface area contributed by atoms with Crippen LogP contribution >= 0.6 is 11.6 Å². The average molecular weight is 449 g/mol. The van der Waals surface area contributed by atoms with Crippen molar-refractivity contribution in [3.8, 4) is 0 Å². The van der Waals surface area contributed by atoms with Crippen molar-refractivity contribution >= 4 is 17.3 Å². The standard InChI is InChI=1S/C24H30ClFN2O3/c1-17(2)15-30-16-21(29)13-28(12-19-5-3-4-6-23(19)26)14-22-11-24(27-31-22)18-7-9-20(25)10-8-18/h3-10,17,21-22,29H,11-16H2,1-2H3/t21-,22+/m1/s1. The molecule has 5 nitrogen and oxygen atoms in total. The van der Waals surface area contributed by atoms with Crippen LogP contribution in [-0.4, -0.2) is 54.2 Å². The highest BCUT2D eigenvalue weighted by Crippen LogP contribution is 2.20. The number of nitrogens with zero attached hydrogens (tertiary/aromatic N) is 2. The lowest BCUT2D eigenvalue weighted by Crippen LogP contribution is -2.39. The molecule has 0 amide bonds. The highest BCUT2D eigenvalue weighted by Gasteiger charge is 2.26. The van der Waals surface area contributed by atoms with E-state index in [-0.39, 0.29) is 18.5 Å². The molecule has 0 saturated carbocycles. The predicted octanol–water partition coefficient (Wildman–Crippen LogP) is 4.51. The van der Waals surface area contributed by atoms with Crippen LogP contribution in [0.3, 0.4) is 0 Å². The van der Waals surface area contributed by atoms with Crippen LogP contribution in [-0.2, 0) is 16.1 Å². The van der Waals surface area contributed by atoms with Gasteiger partial charge in [-0.15, -0.1) is 0 Å². The topological polar surface area (TPSA) is 54.3 Å². The third-order valence-corrected chi connectivity index (χ3v) is 5.21. The van der Waals surface area contributed by atoms with Gasteiger partial charge in [-0.2, -0.15) is 0 Å². The van der Waals surface area contributed by atoms with Crippen LogP contribution in [0.2, 0.25) is 5.02 Å². The highest BCUT2D eigenvalue weighted by atomic mass is 35.5. The second-order valence-electron chi connectivity index (χ2n) is 8.35. The van der Waals surface area contributed by atoms with E-state index in [4.69, 9.17) is 21.2 Å². The lowest BCUT2D eigenvalue weighted by atomic mass is 10.0. The summed E-state index contributed by atoms with van der Waals surface area (Å²) in [5.41, 5.74) is 2.40. The fraction of sp³-hybridized carbons (Fsp3) is 0.458. The number of hydrogen-bond acceptors (Lipinski definition) is 5. The van der Waals surface area contributed by atoms with Crippen LogP contribution in [0.15, 0.2) is 53.7 Å². The molecule has 0 unspecified atom stereocenters. The fourth-order valence-corrected chi connectivity index (χ4v) is 3.61. The summed E-state index contributed by atoms with van der Waals surface area (Å²) in [6.07, 6.45) is -0.222. The molecule has 2 aromatic carbocycles. The van der Waals surface area contributed by atoms with Crippen molar-refractivity contribution < 1.29 is 19.1 Å². The molecule has 0 radical (unpaired) electrons. The van der Waals surface area contributed by atoms with Crippen LogP contribution in [0.4, 0.5) is 4.39 Å². The maximum absolute atomic E-state index is 14.2. The van der Waals surface area contributed by atoms with Gasteiger partial charge in [0.2, 0.25) is 0 Å². The van der Waals surface area contributed by atoms with Gasteiger partial charge in [-0.3, -0.25) is 4.90 Å². The average Bonchev–Trinajstić information content (AvgIpc) is 3.18. The molecule has 0 fully saturated rings. The van der Waals surface area contributed by atoms with E-state index in [1.54, 1.807) is 12.1 Å². The summed E-state index contributed by atoms with van der Waals surface area (Å²) in [7, 11) is 0. The Balaban J connectivity index is 1.61. The SMILES string of the molecule is CC(C)COC[C@H](O)CN(Cc1ccccc1F)C[C@@H]1CC(c2ccc(Cl)cc2)=NO1. The Morgan fingerprint density at radius 2 is 1.94 bits per heavy atom. The second-order valence-corrected chi connectivity index (χ2v) is 8.78. The zero-order chi connectivity index (χ0) is 22.2. The largest absolute Gasteiger partial charge is 0.390 e. The van der Waals surface area contributed by atoms with Gasteiger partial charge in [-0.25, -0.2) is 4.39 Å². The molecule has 1 aliphatic rings. The molecule has 2 atom stereocenters. The van der Waals surface area contributed by atoms with E-state index in [1.807, 2.05) is 35.2 Å². The summed E-state index contributed by atoms with van der Waals surface area (Å²) in [5, 5.41) is 15.4. The van der Waals surface area contributed by atoms with E-state index in [9.17, 15) is 9.50 Å². The molecule has 0 aliphatic carbocycles. The number of oxime groups is 1. The number of rotatable bonds is 11. The van der Waals surface area contributed by atoms with Gasteiger partial charge < -0.3 is 14.7 Å². The van der Waals surface area contributed by atoms with Crippen LogP contribution in [0.1, 0.15) is 31.4 Å². The van der Waals surface area contributed by atoms with Crippen molar-refractivity contribution in [2.24, 2.45) is 11.1 Å². The van der Waals surface area contributed by atoms with Crippen LogP contribution in [0.25, 0.3) is 0 Å². The van der Waals surface area contributed by atoms with Crippen molar-refractivity contribution in [2.45, 2.75) is 39.0 Å². The minimum absolute atomic E-state index is 0.179.